The lowest BCUT2D eigenvalue weighted by Crippen LogP contribution is -2.05. The van der Waals surface area contributed by atoms with Crippen molar-refractivity contribution in [3.63, 3.8) is 0 Å². The summed E-state index contributed by atoms with van der Waals surface area (Å²) in [4.78, 5) is 0. The molecule has 0 fully saturated rings. The molecule has 16 heavy (non-hydrogen) atoms. The van der Waals surface area contributed by atoms with Crippen molar-refractivity contribution in [1.82, 2.24) is 0 Å². The second-order valence-corrected chi connectivity index (χ2v) is 4.27. The molecule has 1 nitrogen and oxygen atoms in total. The van der Waals surface area contributed by atoms with E-state index in [2.05, 4.69) is 38.2 Å². The first kappa shape index (κ1) is 15.4. The van der Waals surface area contributed by atoms with Crippen LogP contribution in [0, 0.1) is 0 Å². The molecule has 0 heterocycles. The maximum absolute atomic E-state index is 9.71. The molecular weight excluding hydrogens is 196 g/mol. The highest BCUT2D eigenvalue weighted by molar-refractivity contribution is 4.81. The van der Waals surface area contributed by atoms with Gasteiger partial charge >= 0.3 is 0 Å². The van der Waals surface area contributed by atoms with Gasteiger partial charge in [-0.15, -0.1) is 0 Å². The molecule has 0 saturated carbocycles. The monoisotopic (exact) mass is 224 g/mol. The fourth-order valence-electron chi connectivity index (χ4n) is 1.66. The minimum Gasteiger partial charge on any atom is -0.393 e. The first-order valence-electron chi connectivity index (χ1n) is 6.79. The van der Waals surface area contributed by atoms with Gasteiger partial charge in [0.05, 0.1) is 6.10 Å². The first-order chi connectivity index (χ1) is 7.81. The summed E-state index contributed by atoms with van der Waals surface area (Å²) >= 11 is 0. The Hall–Kier alpha value is -0.560. The quantitative estimate of drug-likeness (QED) is 0.424. The third-order valence-corrected chi connectivity index (χ3v) is 2.62. The van der Waals surface area contributed by atoms with Gasteiger partial charge in [0.1, 0.15) is 0 Å². The smallest absolute Gasteiger partial charge is 0.0540 e. The van der Waals surface area contributed by atoms with Crippen molar-refractivity contribution >= 4 is 0 Å². The van der Waals surface area contributed by atoms with Crippen LogP contribution in [0.5, 0.6) is 0 Å². The lowest BCUT2D eigenvalue weighted by atomic mass is 10.1. The Bertz CT molecular complexity index is 162. The average molecular weight is 224 g/mol. The molecule has 0 aliphatic carbocycles. The van der Waals surface area contributed by atoms with Crippen LogP contribution in [0.25, 0.3) is 0 Å². The lowest BCUT2D eigenvalue weighted by Gasteiger charge is -2.08. The predicted octanol–water partition coefficient (Wildman–Crippen LogP) is 4.62. The van der Waals surface area contributed by atoms with Crippen molar-refractivity contribution in [1.29, 1.82) is 0 Å². The standard InChI is InChI=1S/C15H28O/c1-3-5-7-9-11-13-15(16)14-12-10-8-6-4-2/h5-8,15-16H,3-4,9-14H2,1-2H3/b7-5-,8-6-. The van der Waals surface area contributed by atoms with E-state index in [9.17, 15) is 5.11 Å². The fraction of sp³-hybridized carbons (Fsp3) is 0.733. The van der Waals surface area contributed by atoms with Gasteiger partial charge in [0.15, 0.2) is 0 Å². The minimum atomic E-state index is -0.0925. The molecule has 0 aromatic carbocycles. The molecular formula is C15H28O. The zero-order chi connectivity index (χ0) is 12.1. The van der Waals surface area contributed by atoms with Gasteiger partial charge in [-0.3, -0.25) is 0 Å². The number of rotatable bonds is 10. The van der Waals surface area contributed by atoms with Crippen LogP contribution in [0.1, 0.15) is 65.2 Å². The number of hydrogen-bond donors (Lipinski definition) is 1. The van der Waals surface area contributed by atoms with Crippen LogP contribution in [-0.4, -0.2) is 11.2 Å². The van der Waals surface area contributed by atoms with E-state index < -0.39 is 0 Å². The van der Waals surface area contributed by atoms with Crippen LogP contribution in [0.15, 0.2) is 24.3 Å². The molecule has 0 spiro atoms. The third kappa shape index (κ3) is 11.5. The van der Waals surface area contributed by atoms with Crippen LogP contribution >= 0.6 is 0 Å². The molecule has 0 atom stereocenters. The highest BCUT2D eigenvalue weighted by Gasteiger charge is 2.01. The van der Waals surface area contributed by atoms with E-state index in [4.69, 9.17) is 0 Å². The van der Waals surface area contributed by atoms with Crippen molar-refractivity contribution in [3.8, 4) is 0 Å². The molecule has 0 aliphatic heterocycles. The summed E-state index contributed by atoms with van der Waals surface area (Å²) in [5.74, 6) is 0. The lowest BCUT2D eigenvalue weighted by molar-refractivity contribution is 0.150. The van der Waals surface area contributed by atoms with Crippen molar-refractivity contribution < 1.29 is 5.11 Å². The molecule has 0 aromatic heterocycles. The summed E-state index contributed by atoms with van der Waals surface area (Å²) in [6.45, 7) is 4.30. The Labute approximate surface area is 101 Å². The number of allylic oxidation sites excluding steroid dienone is 4. The van der Waals surface area contributed by atoms with Crippen LogP contribution in [0.4, 0.5) is 0 Å². The number of unbranched alkanes of at least 4 members (excludes halogenated alkanes) is 2. The van der Waals surface area contributed by atoms with Crippen LogP contribution < -0.4 is 0 Å². The minimum absolute atomic E-state index is 0.0925. The molecule has 0 amide bonds. The zero-order valence-electron chi connectivity index (χ0n) is 11.0. The molecule has 1 heteroatoms. The van der Waals surface area contributed by atoms with E-state index in [1.54, 1.807) is 0 Å². The van der Waals surface area contributed by atoms with E-state index in [1.165, 1.54) is 0 Å². The molecule has 0 radical (unpaired) electrons. The van der Waals surface area contributed by atoms with Crippen LogP contribution in [0.3, 0.4) is 0 Å². The van der Waals surface area contributed by atoms with E-state index >= 15 is 0 Å². The Morgan fingerprint density at radius 3 is 1.62 bits per heavy atom. The average Bonchev–Trinajstić information content (AvgIpc) is 2.28. The summed E-state index contributed by atoms with van der Waals surface area (Å²) in [6.07, 6.45) is 17.3. The van der Waals surface area contributed by atoms with E-state index in [0.29, 0.717) is 0 Å². The predicted molar refractivity (Wildman–Crippen MR) is 72.6 cm³/mol. The maximum Gasteiger partial charge on any atom is 0.0540 e. The van der Waals surface area contributed by atoms with Crippen molar-refractivity contribution in [2.24, 2.45) is 0 Å². The Kier molecular flexibility index (Phi) is 12.1. The fourth-order valence-corrected chi connectivity index (χ4v) is 1.66. The van der Waals surface area contributed by atoms with E-state index in [1.807, 2.05) is 0 Å². The molecule has 0 unspecified atom stereocenters. The molecule has 0 aliphatic rings. The topological polar surface area (TPSA) is 20.2 Å². The van der Waals surface area contributed by atoms with Gasteiger partial charge in [-0.25, -0.2) is 0 Å². The third-order valence-electron chi connectivity index (χ3n) is 2.62. The number of aliphatic hydroxyl groups is 1. The second kappa shape index (κ2) is 12.5. The SMILES string of the molecule is CC/C=C\CCCC(O)CCC/C=C\CC. The van der Waals surface area contributed by atoms with Gasteiger partial charge in [0, 0.05) is 0 Å². The molecule has 0 bridgehead atoms. The maximum atomic E-state index is 9.71. The van der Waals surface area contributed by atoms with Crippen molar-refractivity contribution in [3.05, 3.63) is 24.3 Å². The normalized spacial score (nSPS) is 12.2. The largest absolute Gasteiger partial charge is 0.393 e. The highest BCUT2D eigenvalue weighted by Crippen LogP contribution is 2.09. The summed E-state index contributed by atoms with van der Waals surface area (Å²) in [5.41, 5.74) is 0. The van der Waals surface area contributed by atoms with Crippen molar-refractivity contribution in [2.45, 2.75) is 71.3 Å². The van der Waals surface area contributed by atoms with E-state index in [-0.39, 0.29) is 6.10 Å². The Morgan fingerprint density at radius 2 is 1.25 bits per heavy atom. The van der Waals surface area contributed by atoms with Crippen LogP contribution in [-0.2, 0) is 0 Å². The molecule has 1 N–H and O–H groups in total. The van der Waals surface area contributed by atoms with Gasteiger partial charge in [-0.1, -0.05) is 38.2 Å². The summed E-state index contributed by atoms with van der Waals surface area (Å²) < 4.78 is 0. The molecule has 0 aromatic rings. The Morgan fingerprint density at radius 1 is 0.812 bits per heavy atom. The van der Waals surface area contributed by atoms with E-state index in [0.717, 1.165) is 51.4 Å². The van der Waals surface area contributed by atoms with Gasteiger partial charge in [0.25, 0.3) is 0 Å². The van der Waals surface area contributed by atoms with Gasteiger partial charge in [-0.2, -0.15) is 0 Å². The molecule has 0 saturated heterocycles. The molecule has 0 rings (SSSR count). The second-order valence-electron chi connectivity index (χ2n) is 4.27. The van der Waals surface area contributed by atoms with Crippen molar-refractivity contribution in [2.75, 3.05) is 0 Å². The van der Waals surface area contributed by atoms with Gasteiger partial charge < -0.3 is 5.11 Å². The summed E-state index contributed by atoms with van der Waals surface area (Å²) in [7, 11) is 0. The Balaban J connectivity index is 3.27. The zero-order valence-corrected chi connectivity index (χ0v) is 11.0. The van der Waals surface area contributed by atoms with Gasteiger partial charge in [0.2, 0.25) is 0 Å². The molecule has 94 valence electrons. The number of hydrogen-bond acceptors (Lipinski definition) is 1. The summed E-state index contributed by atoms with van der Waals surface area (Å²) in [5, 5.41) is 9.71. The summed E-state index contributed by atoms with van der Waals surface area (Å²) in [6, 6.07) is 0. The van der Waals surface area contributed by atoms with Crippen LogP contribution in [0.2, 0.25) is 0 Å². The first-order valence-corrected chi connectivity index (χ1v) is 6.79. The highest BCUT2D eigenvalue weighted by atomic mass is 16.3. The van der Waals surface area contributed by atoms with Gasteiger partial charge in [-0.05, 0) is 51.4 Å². The number of aliphatic hydroxyl groups excluding tert-OH is 1.